The normalized spacial score (nSPS) is 12.2. The summed E-state index contributed by atoms with van der Waals surface area (Å²) in [5.74, 6) is 0.668. The second-order valence-electron chi connectivity index (χ2n) is 5.09. The van der Waals surface area contributed by atoms with Crippen molar-refractivity contribution >= 4 is 23.2 Å². The van der Waals surface area contributed by atoms with Gasteiger partial charge in [-0.1, -0.05) is 18.3 Å². The number of ether oxygens (including phenoxy) is 1. The minimum atomic E-state index is -0.0295. The SMILES string of the molecule is C=C(NC(C)C)S/C=C(\N)C(=N)/C=C(/O)c1ccc(OC)cc1. The van der Waals surface area contributed by atoms with Crippen LogP contribution in [0, 0.1) is 5.41 Å². The quantitative estimate of drug-likeness (QED) is 0.431. The van der Waals surface area contributed by atoms with Crippen molar-refractivity contribution in [3.8, 4) is 5.75 Å². The molecule has 5 N–H and O–H groups in total. The van der Waals surface area contributed by atoms with Gasteiger partial charge in [0.1, 0.15) is 11.5 Å². The zero-order valence-electron chi connectivity index (χ0n) is 13.6. The third kappa shape index (κ3) is 6.52. The highest BCUT2D eigenvalue weighted by Gasteiger charge is 2.04. The highest BCUT2D eigenvalue weighted by Crippen LogP contribution is 2.18. The first-order valence-corrected chi connectivity index (χ1v) is 7.93. The van der Waals surface area contributed by atoms with E-state index in [2.05, 4.69) is 11.9 Å². The molecule has 5 nitrogen and oxygen atoms in total. The summed E-state index contributed by atoms with van der Waals surface area (Å²) >= 11 is 1.31. The summed E-state index contributed by atoms with van der Waals surface area (Å²) in [6.45, 7) is 7.88. The van der Waals surface area contributed by atoms with Crippen molar-refractivity contribution < 1.29 is 9.84 Å². The fraction of sp³-hybridized carbons (Fsp3) is 0.235. The third-order valence-electron chi connectivity index (χ3n) is 2.76. The largest absolute Gasteiger partial charge is 0.507 e. The van der Waals surface area contributed by atoms with Crippen LogP contribution < -0.4 is 15.8 Å². The van der Waals surface area contributed by atoms with E-state index < -0.39 is 0 Å². The maximum atomic E-state index is 10.1. The van der Waals surface area contributed by atoms with Gasteiger partial charge in [-0.05, 0) is 38.1 Å². The fourth-order valence-corrected chi connectivity index (χ4v) is 2.32. The first-order valence-electron chi connectivity index (χ1n) is 7.05. The van der Waals surface area contributed by atoms with Crippen LogP contribution in [-0.2, 0) is 0 Å². The lowest BCUT2D eigenvalue weighted by atomic mass is 10.1. The summed E-state index contributed by atoms with van der Waals surface area (Å²) in [4.78, 5) is 0. The van der Waals surface area contributed by atoms with Crippen LogP contribution in [-0.4, -0.2) is 24.0 Å². The number of methoxy groups -OCH3 is 1. The Balaban J connectivity index is 2.73. The number of hydrogen-bond acceptors (Lipinski definition) is 6. The van der Waals surface area contributed by atoms with Crippen molar-refractivity contribution in [1.82, 2.24) is 5.32 Å². The van der Waals surface area contributed by atoms with E-state index in [4.69, 9.17) is 15.9 Å². The number of nitrogens with two attached hydrogens (primary N) is 1. The standard InChI is InChI=1S/C17H23N3O2S/c1-11(2)20-12(3)23-10-16(19)15(18)9-17(21)13-5-7-14(22-4)8-6-13/h5-11,18,20-21H,3,19H2,1-2,4H3/b16-10-,17-9+,18-15?. The molecule has 0 heterocycles. The van der Waals surface area contributed by atoms with Crippen molar-refractivity contribution in [3.05, 3.63) is 58.6 Å². The van der Waals surface area contributed by atoms with Gasteiger partial charge in [-0.25, -0.2) is 0 Å². The average Bonchev–Trinajstić information content (AvgIpc) is 2.51. The molecule has 0 aliphatic carbocycles. The molecule has 1 aromatic rings. The molecule has 0 fully saturated rings. The van der Waals surface area contributed by atoms with E-state index in [1.807, 2.05) is 13.8 Å². The van der Waals surface area contributed by atoms with E-state index in [0.717, 1.165) is 5.03 Å². The van der Waals surface area contributed by atoms with Gasteiger partial charge < -0.3 is 20.9 Å². The number of nitrogens with one attached hydrogen (secondary N) is 2. The number of thioether (sulfide) groups is 1. The molecule has 1 aromatic carbocycles. The van der Waals surface area contributed by atoms with Gasteiger partial charge in [0, 0.05) is 23.1 Å². The molecule has 124 valence electrons. The summed E-state index contributed by atoms with van der Waals surface area (Å²) in [5.41, 5.74) is 6.71. The number of rotatable bonds is 8. The molecule has 0 atom stereocenters. The summed E-state index contributed by atoms with van der Waals surface area (Å²) < 4.78 is 5.06. The van der Waals surface area contributed by atoms with Crippen LogP contribution in [0.15, 0.2) is 53.1 Å². The lowest BCUT2D eigenvalue weighted by Crippen LogP contribution is -2.19. The average molecular weight is 333 g/mol. The van der Waals surface area contributed by atoms with Gasteiger partial charge >= 0.3 is 0 Å². The minimum absolute atomic E-state index is 0.0295. The van der Waals surface area contributed by atoms with E-state index in [1.54, 1.807) is 36.8 Å². The van der Waals surface area contributed by atoms with Crippen molar-refractivity contribution in [2.75, 3.05) is 7.11 Å². The summed E-state index contributed by atoms with van der Waals surface area (Å²) in [7, 11) is 1.57. The summed E-state index contributed by atoms with van der Waals surface area (Å²) in [6.07, 6.45) is 1.31. The molecule has 1 rings (SSSR count). The van der Waals surface area contributed by atoms with Gasteiger partial charge in [-0.3, -0.25) is 5.41 Å². The monoisotopic (exact) mass is 333 g/mol. The Hall–Kier alpha value is -2.34. The highest BCUT2D eigenvalue weighted by atomic mass is 32.2. The molecule has 0 aliphatic heterocycles. The Bertz CT molecular complexity index is 619. The molecule has 0 aromatic heterocycles. The Morgan fingerprint density at radius 2 is 2.00 bits per heavy atom. The Morgan fingerprint density at radius 1 is 1.39 bits per heavy atom. The van der Waals surface area contributed by atoms with Crippen LogP contribution in [0.3, 0.4) is 0 Å². The molecule has 0 bridgehead atoms. The number of allylic oxidation sites excluding steroid dienone is 1. The Kier molecular flexibility index (Phi) is 7.28. The van der Waals surface area contributed by atoms with E-state index in [1.165, 1.54) is 17.8 Å². The molecular weight excluding hydrogens is 310 g/mol. The van der Waals surface area contributed by atoms with Gasteiger partial charge in [0.15, 0.2) is 0 Å². The second-order valence-corrected chi connectivity index (χ2v) is 6.05. The number of aliphatic hydroxyl groups is 1. The van der Waals surface area contributed by atoms with Crippen LogP contribution in [0.2, 0.25) is 0 Å². The maximum absolute atomic E-state index is 10.1. The molecule has 0 aliphatic rings. The van der Waals surface area contributed by atoms with Crippen LogP contribution in [0.25, 0.3) is 5.76 Å². The summed E-state index contributed by atoms with van der Waals surface area (Å²) in [5, 5.41) is 23.5. The van der Waals surface area contributed by atoms with Crippen LogP contribution in [0.1, 0.15) is 19.4 Å². The van der Waals surface area contributed by atoms with Gasteiger partial charge in [-0.2, -0.15) is 0 Å². The summed E-state index contributed by atoms with van der Waals surface area (Å²) in [6, 6.07) is 7.17. The number of benzene rings is 1. The Morgan fingerprint density at radius 3 is 2.52 bits per heavy atom. The van der Waals surface area contributed by atoms with E-state index in [-0.39, 0.29) is 23.2 Å². The highest BCUT2D eigenvalue weighted by molar-refractivity contribution is 8.05. The zero-order chi connectivity index (χ0) is 17.4. The topological polar surface area (TPSA) is 91.4 Å². The molecule has 0 saturated heterocycles. The molecule has 0 amide bonds. The Labute approximate surface area is 141 Å². The second kappa shape index (κ2) is 8.95. The molecule has 0 unspecified atom stereocenters. The minimum Gasteiger partial charge on any atom is -0.507 e. The van der Waals surface area contributed by atoms with Crippen molar-refractivity contribution in [3.63, 3.8) is 0 Å². The van der Waals surface area contributed by atoms with Crippen molar-refractivity contribution in [2.24, 2.45) is 5.73 Å². The van der Waals surface area contributed by atoms with Crippen LogP contribution >= 0.6 is 11.8 Å². The molecule has 0 saturated carbocycles. The predicted octanol–water partition coefficient (Wildman–Crippen LogP) is 3.62. The lowest BCUT2D eigenvalue weighted by molar-refractivity contribution is 0.414. The molecule has 0 spiro atoms. The lowest BCUT2D eigenvalue weighted by Gasteiger charge is -2.10. The first kappa shape index (κ1) is 18.7. The van der Waals surface area contributed by atoms with Gasteiger partial charge in [0.25, 0.3) is 0 Å². The van der Waals surface area contributed by atoms with Gasteiger partial charge in [0.2, 0.25) is 0 Å². The molecular formula is C17H23N3O2S. The van der Waals surface area contributed by atoms with Crippen molar-refractivity contribution in [1.29, 1.82) is 5.41 Å². The van der Waals surface area contributed by atoms with Crippen LogP contribution in [0.4, 0.5) is 0 Å². The van der Waals surface area contributed by atoms with E-state index in [0.29, 0.717) is 11.3 Å². The van der Waals surface area contributed by atoms with Gasteiger partial charge in [0.05, 0.1) is 23.5 Å². The van der Waals surface area contributed by atoms with E-state index >= 15 is 0 Å². The first-order chi connectivity index (χ1) is 10.8. The number of aliphatic hydroxyl groups excluding tert-OH is 1. The predicted molar refractivity (Wildman–Crippen MR) is 98.6 cm³/mol. The molecule has 0 radical (unpaired) electrons. The smallest absolute Gasteiger partial charge is 0.125 e. The maximum Gasteiger partial charge on any atom is 0.125 e. The number of hydrogen-bond donors (Lipinski definition) is 4. The fourth-order valence-electron chi connectivity index (χ4n) is 1.62. The molecule has 6 heteroatoms. The van der Waals surface area contributed by atoms with Crippen LogP contribution in [0.5, 0.6) is 5.75 Å². The van der Waals surface area contributed by atoms with Crippen molar-refractivity contribution in [2.45, 2.75) is 19.9 Å². The molecule has 23 heavy (non-hydrogen) atoms. The zero-order valence-corrected chi connectivity index (χ0v) is 14.4. The third-order valence-corrected chi connectivity index (χ3v) is 3.53. The van der Waals surface area contributed by atoms with E-state index in [9.17, 15) is 5.11 Å². The van der Waals surface area contributed by atoms with Gasteiger partial charge in [-0.15, -0.1) is 0 Å².